The second kappa shape index (κ2) is 7.16. The minimum Gasteiger partial charge on any atom is -0.373 e. The van der Waals surface area contributed by atoms with Crippen LogP contribution in [0.5, 0.6) is 0 Å². The maximum Gasteiger partial charge on any atom is 0.257 e. The molecule has 1 saturated heterocycles. The summed E-state index contributed by atoms with van der Waals surface area (Å²) in [4.78, 5) is 22.9. The normalized spacial score (nSPS) is 22.0. The van der Waals surface area contributed by atoms with E-state index in [0.29, 0.717) is 10.7 Å². The average Bonchev–Trinajstić information content (AvgIpc) is 2.94. The third-order valence-electron chi connectivity index (χ3n) is 3.60. The topological polar surface area (TPSA) is 67.4 Å². The Balaban J connectivity index is 1.59. The van der Waals surface area contributed by atoms with Crippen molar-refractivity contribution in [2.24, 2.45) is 0 Å². The summed E-state index contributed by atoms with van der Waals surface area (Å²) in [7, 11) is 0. The number of amides is 1. The number of nitrogens with zero attached hydrogens (tertiary/aromatic N) is 3. The van der Waals surface area contributed by atoms with Crippen molar-refractivity contribution in [3.8, 4) is 0 Å². The van der Waals surface area contributed by atoms with Gasteiger partial charge in [0.1, 0.15) is 0 Å². The van der Waals surface area contributed by atoms with Crippen LogP contribution >= 0.6 is 11.3 Å². The number of morpholine rings is 1. The van der Waals surface area contributed by atoms with Gasteiger partial charge < -0.3 is 4.74 Å². The van der Waals surface area contributed by atoms with Crippen LogP contribution in [0.2, 0.25) is 0 Å². The smallest absolute Gasteiger partial charge is 0.257 e. The van der Waals surface area contributed by atoms with Crippen LogP contribution < -0.4 is 5.32 Å². The van der Waals surface area contributed by atoms with Crippen molar-refractivity contribution >= 4 is 22.4 Å². The molecular weight excluding hydrogens is 312 g/mol. The Hall–Kier alpha value is -1.83. The molecule has 0 saturated carbocycles. The molecule has 0 radical (unpaired) electrons. The molecule has 0 aliphatic carbocycles. The highest BCUT2D eigenvalue weighted by atomic mass is 32.1. The van der Waals surface area contributed by atoms with Crippen LogP contribution in [0.3, 0.4) is 0 Å². The van der Waals surface area contributed by atoms with Gasteiger partial charge in [-0.1, -0.05) is 0 Å². The number of anilines is 1. The molecular formula is C16H20N4O2S. The fraction of sp³-hybridized carbons (Fsp3) is 0.438. The number of pyridine rings is 1. The lowest BCUT2D eigenvalue weighted by molar-refractivity contribution is -0.0707. The Morgan fingerprint density at radius 3 is 2.74 bits per heavy atom. The number of ether oxygens (including phenoxy) is 1. The molecule has 3 heterocycles. The third-order valence-corrected chi connectivity index (χ3v) is 4.40. The molecule has 2 aromatic heterocycles. The molecule has 122 valence electrons. The third kappa shape index (κ3) is 4.34. The first-order chi connectivity index (χ1) is 11.1. The van der Waals surface area contributed by atoms with Crippen LogP contribution in [0.4, 0.5) is 5.13 Å². The van der Waals surface area contributed by atoms with Crippen molar-refractivity contribution in [3.63, 3.8) is 0 Å². The summed E-state index contributed by atoms with van der Waals surface area (Å²) >= 11 is 1.45. The number of aromatic nitrogens is 2. The van der Waals surface area contributed by atoms with Gasteiger partial charge in [-0.15, -0.1) is 11.3 Å². The van der Waals surface area contributed by atoms with E-state index in [1.165, 1.54) is 11.3 Å². The van der Waals surface area contributed by atoms with Crippen LogP contribution in [0.15, 0.2) is 29.9 Å². The maximum absolute atomic E-state index is 12.1. The summed E-state index contributed by atoms with van der Waals surface area (Å²) in [5, 5.41) is 5.45. The molecule has 3 rings (SSSR count). The monoisotopic (exact) mass is 332 g/mol. The highest BCUT2D eigenvalue weighted by molar-refractivity contribution is 7.13. The van der Waals surface area contributed by atoms with Crippen molar-refractivity contribution in [1.82, 2.24) is 14.9 Å². The molecule has 1 N–H and O–H groups in total. The van der Waals surface area contributed by atoms with Crippen molar-refractivity contribution in [2.75, 3.05) is 18.4 Å². The van der Waals surface area contributed by atoms with E-state index in [1.807, 2.05) is 5.38 Å². The molecule has 1 aliphatic heterocycles. The summed E-state index contributed by atoms with van der Waals surface area (Å²) in [5.41, 5.74) is 1.55. The number of hydrogen-bond acceptors (Lipinski definition) is 6. The lowest BCUT2D eigenvalue weighted by atomic mass is 10.2. The van der Waals surface area contributed by atoms with Gasteiger partial charge in [-0.3, -0.25) is 20.0 Å². The zero-order chi connectivity index (χ0) is 16.2. The van der Waals surface area contributed by atoms with E-state index in [9.17, 15) is 4.79 Å². The Morgan fingerprint density at radius 1 is 1.35 bits per heavy atom. The van der Waals surface area contributed by atoms with E-state index in [1.54, 1.807) is 24.5 Å². The van der Waals surface area contributed by atoms with Gasteiger partial charge in [-0.05, 0) is 26.0 Å². The largest absolute Gasteiger partial charge is 0.373 e. The second-order valence-electron chi connectivity index (χ2n) is 5.79. The number of rotatable bonds is 4. The Labute approximate surface area is 139 Å². The molecule has 7 heteroatoms. The summed E-state index contributed by atoms with van der Waals surface area (Å²) < 4.78 is 5.74. The van der Waals surface area contributed by atoms with Gasteiger partial charge in [0.05, 0.1) is 17.9 Å². The lowest BCUT2D eigenvalue weighted by Gasteiger charge is -2.34. The number of hydrogen-bond donors (Lipinski definition) is 1. The van der Waals surface area contributed by atoms with E-state index in [0.717, 1.165) is 25.3 Å². The summed E-state index contributed by atoms with van der Waals surface area (Å²) in [5.74, 6) is -0.165. The molecule has 0 bridgehead atoms. The van der Waals surface area contributed by atoms with Gasteiger partial charge in [0.25, 0.3) is 5.91 Å². The lowest BCUT2D eigenvalue weighted by Crippen LogP contribution is -2.44. The number of thiazole rings is 1. The summed E-state index contributed by atoms with van der Waals surface area (Å²) in [6.07, 6.45) is 3.68. The Kier molecular flexibility index (Phi) is 5.00. The highest BCUT2D eigenvalue weighted by Gasteiger charge is 2.22. The minimum absolute atomic E-state index is 0.165. The van der Waals surface area contributed by atoms with E-state index in [2.05, 4.69) is 34.0 Å². The van der Waals surface area contributed by atoms with Crippen molar-refractivity contribution in [3.05, 3.63) is 41.2 Å². The van der Waals surface area contributed by atoms with Gasteiger partial charge in [0, 0.05) is 43.0 Å². The van der Waals surface area contributed by atoms with Crippen LogP contribution in [0.25, 0.3) is 0 Å². The Bertz CT molecular complexity index is 651. The Morgan fingerprint density at radius 2 is 2.04 bits per heavy atom. The summed E-state index contributed by atoms with van der Waals surface area (Å²) in [6.45, 7) is 6.76. The SMILES string of the molecule is CC1CN(Cc2csc(NC(=O)c3ccncc3)n2)CC(C)O1. The molecule has 1 amide bonds. The molecule has 1 fully saturated rings. The zero-order valence-corrected chi connectivity index (χ0v) is 14.0. The molecule has 6 nitrogen and oxygen atoms in total. The van der Waals surface area contributed by atoms with Crippen molar-refractivity contribution in [1.29, 1.82) is 0 Å². The van der Waals surface area contributed by atoms with E-state index >= 15 is 0 Å². The van der Waals surface area contributed by atoms with Crippen molar-refractivity contribution in [2.45, 2.75) is 32.6 Å². The van der Waals surface area contributed by atoms with Gasteiger partial charge in [-0.25, -0.2) is 4.98 Å². The quantitative estimate of drug-likeness (QED) is 0.931. The predicted molar refractivity (Wildman–Crippen MR) is 89.6 cm³/mol. The molecule has 23 heavy (non-hydrogen) atoms. The number of carbonyl (C=O) groups is 1. The van der Waals surface area contributed by atoms with Crippen molar-refractivity contribution < 1.29 is 9.53 Å². The van der Waals surface area contributed by atoms with Gasteiger partial charge >= 0.3 is 0 Å². The fourth-order valence-electron chi connectivity index (χ4n) is 2.75. The van der Waals surface area contributed by atoms with Gasteiger partial charge in [0.2, 0.25) is 0 Å². The first-order valence-corrected chi connectivity index (χ1v) is 8.51. The molecule has 0 aromatic carbocycles. The van der Waals surface area contributed by atoms with Gasteiger partial charge in [0.15, 0.2) is 5.13 Å². The molecule has 0 spiro atoms. The minimum atomic E-state index is -0.165. The molecule has 2 atom stereocenters. The molecule has 2 aromatic rings. The highest BCUT2D eigenvalue weighted by Crippen LogP contribution is 2.19. The van der Waals surface area contributed by atoms with Crippen LogP contribution in [0, 0.1) is 0 Å². The van der Waals surface area contributed by atoms with E-state index in [4.69, 9.17) is 4.74 Å². The molecule has 1 aliphatic rings. The number of carbonyl (C=O) groups excluding carboxylic acids is 1. The molecule has 2 unspecified atom stereocenters. The average molecular weight is 332 g/mol. The maximum atomic E-state index is 12.1. The zero-order valence-electron chi connectivity index (χ0n) is 13.2. The predicted octanol–water partition coefficient (Wildman–Crippen LogP) is 2.40. The first-order valence-electron chi connectivity index (χ1n) is 7.64. The summed E-state index contributed by atoms with van der Waals surface area (Å²) in [6, 6.07) is 3.36. The number of nitrogens with one attached hydrogen (secondary N) is 1. The van der Waals surface area contributed by atoms with E-state index in [-0.39, 0.29) is 18.1 Å². The van der Waals surface area contributed by atoms with Gasteiger partial charge in [-0.2, -0.15) is 0 Å². The van der Waals surface area contributed by atoms with E-state index < -0.39 is 0 Å². The van der Waals surface area contributed by atoms with Crippen LogP contribution in [-0.2, 0) is 11.3 Å². The standard InChI is InChI=1S/C16H20N4O2S/c1-11-7-20(8-12(2)22-11)9-14-10-23-16(18-14)19-15(21)13-3-5-17-6-4-13/h3-6,10-12H,7-9H2,1-2H3,(H,18,19,21). The fourth-order valence-corrected chi connectivity index (χ4v) is 3.45. The van der Waals surface area contributed by atoms with Crippen LogP contribution in [0.1, 0.15) is 29.9 Å². The first kappa shape index (κ1) is 16.0. The second-order valence-corrected chi connectivity index (χ2v) is 6.64. The van der Waals surface area contributed by atoms with Crippen LogP contribution in [-0.4, -0.2) is 46.1 Å².